The number of hydrogen-bond acceptors (Lipinski definition) is 9. The van der Waals surface area contributed by atoms with Crippen LogP contribution in [0.4, 0.5) is 5.69 Å². The number of anilines is 1. The van der Waals surface area contributed by atoms with Gasteiger partial charge in [-0.3, -0.25) is 4.79 Å². The smallest absolute Gasteiger partial charge is 0.203 e. The van der Waals surface area contributed by atoms with Gasteiger partial charge in [0.15, 0.2) is 22.8 Å². The summed E-state index contributed by atoms with van der Waals surface area (Å²) >= 11 is 0. The minimum atomic E-state index is -0.689. The van der Waals surface area contributed by atoms with Gasteiger partial charge < -0.3 is 23.9 Å². The predicted molar refractivity (Wildman–Crippen MR) is 134 cm³/mol. The van der Waals surface area contributed by atoms with E-state index in [0.717, 1.165) is 25.7 Å². The highest BCUT2D eigenvalue weighted by molar-refractivity contribution is 5.77. The molecule has 2 aromatic carbocycles. The second kappa shape index (κ2) is 10.3. The van der Waals surface area contributed by atoms with Crippen molar-refractivity contribution in [3.8, 4) is 17.2 Å². The Hall–Kier alpha value is -4.08. The zero-order valence-corrected chi connectivity index (χ0v) is 20.6. The van der Waals surface area contributed by atoms with Crippen molar-refractivity contribution in [2.75, 3.05) is 26.6 Å². The molecule has 2 aromatic heterocycles. The number of para-hydroxylation sites is 1. The highest BCUT2D eigenvalue weighted by Gasteiger charge is 2.30. The quantitative estimate of drug-likeness (QED) is 0.380. The molecule has 2 heterocycles. The first-order valence-electron chi connectivity index (χ1n) is 12.0. The van der Waals surface area contributed by atoms with Crippen LogP contribution in [0.3, 0.4) is 0 Å². The minimum Gasteiger partial charge on any atom is -0.493 e. The molecule has 0 bridgehead atoms. The van der Waals surface area contributed by atoms with E-state index in [0.29, 0.717) is 45.3 Å². The lowest BCUT2D eigenvalue weighted by molar-refractivity contribution is 0.315. The van der Waals surface area contributed by atoms with E-state index in [1.54, 1.807) is 45.6 Å². The number of methoxy groups -OCH3 is 3. The lowest BCUT2D eigenvalue weighted by Crippen LogP contribution is -2.26. The van der Waals surface area contributed by atoms with Crippen LogP contribution in [-0.4, -0.2) is 41.5 Å². The SMILES string of the molecule is COc1cc(NC(c2coc3ccccc3c2=O)c2nnnn2C2CCCCC2)cc(OC)c1OC. The predicted octanol–water partition coefficient (Wildman–Crippen LogP) is 4.51. The molecule has 36 heavy (non-hydrogen) atoms. The Kier molecular flexibility index (Phi) is 6.75. The normalized spacial score (nSPS) is 15.0. The van der Waals surface area contributed by atoms with E-state index in [2.05, 4.69) is 20.8 Å². The van der Waals surface area contributed by atoms with Gasteiger partial charge in [-0.15, -0.1) is 5.10 Å². The Labute approximate surface area is 208 Å². The maximum absolute atomic E-state index is 13.6. The van der Waals surface area contributed by atoms with Crippen LogP contribution in [0, 0.1) is 0 Å². The van der Waals surface area contributed by atoms with Crippen LogP contribution >= 0.6 is 0 Å². The number of benzene rings is 2. The average Bonchev–Trinajstić information content (AvgIpc) is 3.42. The molecule has 4 aromatic rings. The monoisotopic (exact) mass is 491 g/mol. The summed E-state index contributed by atoms with van der Waals surface area (Å²) in [6.07, 6.45) is 6.90. The van der Waals surface area contributed by atoms with E-state index >= 15 is 0 Å². The van der Waals surface area contributed by atoms with Crippen LogP contribution in [0.25, 0.3) is 11.0 Å². The first-order chi connectivity index (χ1) is 17.6. The van der Waals surface area contributed by atoms with E-state index in [4.69, 9.17) is 18.6 Å². The fraction of sp³-hybridized carbons (Fsp3) is 0.385. The standard InChI is InChI=1S/C26H29N5O5/c1-33-21-13-16(14-22(34-2)25(21)35-3)27-23(19-15-36-20-12-8-7-11-18(20)24(19)32)26-28-29-30-31(26)17-9-5-4-6-10-17/h7-8,11-15,17,23,27H,4-6,9-10H2,1-3H3. The Morgan fingerprint density at radius 2 is 1.75 bits per heavy atom. The highest BCUT2D eigenvalue weighted by Crippen LogP contribution is 2.41. The molecule has 1 aliphatic carbocycles. The fourth-order valence-corrected chi connectivity index (χ4v) is 4.88. The van der Waals surface area contributed by atoms with Gasteiger partial charge in [0, 0.05) is 17.8 Å². The largest absolute Gasteiger partial charge is 0.493 e. The van der Waals surface area contributed by atoms with Crippen LogP contribution in [0.5, 0.6) is 17.2 Å². The van der Waals surface area contributed by atoms with Gasteiger partial charge in [-0.2, -0.15) is 0 Å². The van der Waals surface area contributed by atoms with Crippen LogP contribution in [0.15, 0.2) is 51.9 Å². The van der Waals surface area contributed by atoms with Crippen molar-refractivity contribution in [3.05, 3.63) is 64.3 Å². The number of hydrogen-bond donors (Lipinski definition) is 1. The van der Waals surface area contributed by atoms with Gasteiger partial charge in [0.2, 0.25) is 5.75 Å². The fourth-order valence-electron chi connectivity index (χ4n) is 4.88. The van der Waals surface area contributed by atoms with Crippen molar-refractivity contribution in [2.24, 2.45) is 0 Å². The zero-order chi connectivity index (χ0) is 25.1. The van der Waals surface area contributed by atoms with Crippen molar-refractivity contribution in [1.29, 1.82) is 0 Å². The summed E-state index contributed by atoms with van der Waals surface area (Å²) in [5.74, 6) is 1.98. The first kappa shape index (κ1) is 23.7. The van der Waals surface area contributed by atoms with Crippen LogP contribution in [0.1, 0.15) is 55.6 Å². The number of fused-ring (bicyclic) bond motifs is 1. The molecule has 10 heteroatoms. The number of aromatic nitrogens is 4. The van der Waals surface area contributed by atoms with Crippen LogP contribution < -0.4 is 25.0 Å². The topological polar surface area (TPSA) is 114 Å². The van der Waals surface area contributed by atoms with Crippen molar-refractivity contribution in [1.82, 2.24) is 20.2 Å². The van der Waals surface area contributed by atoms with E-state index in [1.807, 2.05) is 16.8 Å². The lowest BCUT2D eigenvalue weighted by Gasteiger charge is -2.26. The summed E-state index contributed by atoms with van der Waals surface area (Å²) in [7, 11) is 4.66. The average molecular weight is 492 g/mol. The van der Waals surface area contributed by atoms with E-state index in [9.17, 15) is 4.79 Å². The molecule has 0 aliphatic heterocycles. The Bertz CT molecular complexity index is 1380. The van der Waals surface area contributed by atoms with Crippen LogP contribution in [-0.2, 0) is 0 Å². The minimum absolute atomic E-state index is 0.153. The first-order valence-corrected chi connectivity index (χ1v) is 12.0. The van der Waals surface area contributed by atoms with Gasteiger partial charge in [0.1, 0.15) is 17.9 Å². The molecule has 1 N–H and O–H groups in total. The van der Waals surface area contributed by atoms with Gasteiger partial charge in [0.25, 0.3) is 0 Å². The van der Waals surface area contributed by atoms with E-state index in [-0.39, 0.29) is 11.5 Å². The van der Waals surface area contributed by atoms with E-state index < -0.39 is 6.04 Å². The maximum Gasteiger partial charge on any atom is 0.203 e. The molecule has 5 rings (SSSR count). The summed E-state index contributed by atoms with van der Waals surface area (Å²) in [6.45, 7) is 0. The third kappa shape index (κ3) is 4.34. The Balaban J connectivity index is 1.65. The molecule has 1 atom stereocenters. The van der Waals surface area contributed by atoms with Gasteiger partial charge >= 0.3 is 0 Å². The summed E-state index contributed by atoms with van der Waals surface area (Å²) in [6, 6.07) is 10.2. The Morgan fingerprint density at radius 3 is 2.44 bits per heavy atom. The van der Waals surface area contributed by atoms with Gasteiger partial charge in [0.05, 0.1) is 38.3 Å². The van der Waals surface area contributed by atoms with E-state index in [1.165, 1.54) is 12.7 Å². The Morgan fingerprint density at radius 1 is 1.03 bits per heavy atom. The zero-order valence-electron chi connectivity index (χ0n) is 20.6. The second-order valence-corrected chi connectivity index (χ2v) is 8.78. The molecule has 0 amide bonds. The maximum atomic E-state index is 13.6. The van der Waals surface area contributed by atoms with Gasteiger partial charge in [-0.1, -0.05) is 31.4 Å². The number of tetrazole rings is 1. The van der Waals surface area contributed by atoms with Gasteiger partial charge in [-0.25, -0.2) is 4.68 Å². The van der Waals surface area contributed by atoms with Crippen molar-refractivity contribution in [2.45, 2.75) is 44.2 Å². The summed E-state index contributed by atoms with van der Waals surface area (Å²) in [4.78, 5) is 13.6. The third-order valence-electron chi connectivity index (χ3n) is 6.69. The summed E-state index contributed by atoms with van der Waals surface area (Å²) < 4.78 is 24.2. The molecular weight excluding hydrogens is 462 g/mol. The molecule has 0 radical (unpaired) electrons. The van der Waals surface area contributed by atoms with Crippen molar-refractivity contribution >= 4 is 16.7 Å². The van der Waals surface area contributed by atoms with Crippen LogP contribution in [0.2, 0.25) is 0 Å². The number of nitrogens with one attached hydrogen (secondary N) is 1. The number of ether oxygens (including phenoxy) is 3. The molecule has 1 aliphatic rings. The molecule has 0 spiro atoms. The summed E-state index contributed by atoms with van der Waals surface area (Å²) in [5, 5.41) is 16.6. The van der Waals surface area contributed by atoms with Crippen molar-refractivity contribution in [3.63, 3.8) is 0 Å². The third-order valence-corrected chi connectivity index (χ3v) is 6.69. The molecular formula is C26H29N5O5. The summed E-state index contributed by atoms with van der Waals surface area (Å²) in [5.41, 5.74) is 1.40. The highest BCUT2D eigenvalue weighted by atomic mass is 16.5. The molecule has 188 valence electrons. The molecule has 1 unspecified atom stereocenters. The molecule has 1 fully saturated rings. The van der Waals surface area contributed by atoms with Gasteiger partial charge in [-0.05, 0) is 35.4 Å². The van der Waals surface area contributed by atoms with Crippen molar-refractivity contribution < 1.29 is 18.6 Å². The lowest BCUT2D eigenvalue weighted by atomic mass is 9.95. The number of rotatable bonds is 8. The molecule has 1 saturated carbocycles. The second-order valence-electron chi connectivity index (χ2n) is 8.78. The molecule has 0 saturated heterocycles. The molecule has 10 nitrogen and oxygen atoms in total. The number of nitrogens with zero attached hydrogens (tertiary/aromatic N) is 4.